The highest BCUT2D eigenvalue weighted by Crippen LogP contribution is 2.34. The highest BCUT2D eigenvalue weighted by atomic mass is 19.4. The molecule has 6 N–H and O–H groups in total. The third-order valence-electron chi connectivity index (χ3n) is 8.78. The average molecular weight is 695 g/mol. The minimum atomic E-state index is -5.08. The van der Waals surface area contributed by atoms with Crippen LogP contribution in [0.4, 0.5) is 13.2 Å². The fourth-order valence-corrected chi connectivity index (χ4v) is 5.82. The van der Waals surface area contributed by atoms with Crippen molar-refractivity contribution in [3.8, 4) is 0 Å². The van der Waals surface area contributed by atoms with Crippen molar-refractivity contribution in [2.75, 3.05) is 13.6 Å². The van der Waals surface area contributed by atoms with Gasteiger partial charge in [0.05, 0.1) is 17.8 Å². The zero-order valence-electron chi connectivity index (χ0n) is 27.9. The van der Waals surface area contributed by atoms with Crippen LogP contribution in [0.3, 0.4) is 0 Å². The van der Waals surface area contributed by atoms with Crippen LogP contribution in [0.2, 0.25) is 0 Å². The second-order valence-electron chi connectivity index (χ2n) is 12.7. The number of amides is 4. The van der Waals surface area contributed by atoms with E-state index in [1.165, 1.54) is 17.7 Å². The number of nitrogens with zero attached hydrogens (tertiary/aromatic N) is 4. The Hall–Kier alpha value is -4.54. The first-order chi connectivity index (χ1) is 23.0. The Kier molecular flexibility index (Phi) is 13.7. The number of benzene rings is 1. The van der Waals surface area contributed by atoms with E-state index in [0.717, 1.165) is 24.1 Å². The minimum absolute atomic E-state index is 0.213. The summed E-state index contributed by atoms with van der Waals surface area (Å²) < 4.78 is 33.5. The lowest BCUT2D eigenvalue weighted by atomic mass is 10.0. The fraction of sp³-hybridized carbons (Fsp3) is 0.594. The lowest BCUT2D eigenvalue weighted by Gasteiger charge is -2.31. The van der Waals surface area contributed by atoms with Gasteiger partial charge < -0.3 is 31.7 Å². The molecule has 17 heteroatoms. The molecule has 2 aromatic rings. The summed E-state index contributed by atoms with van der Waals surface area (Å²) in [5.41, 5.74) is 7.46. The molecule has 4 amide bonds. The van der Waals surface area contributed by atoms with Crippen LogP contribution in [-0.2, 0) is 30.4 Å². The Balaban J connectivity index is 0.000000838. The predicted molar refractivity (Wildman–Crippen MR) is 171 cm³/mol. The smallest absolute Gasteiger partial charge is 0.475 e. The molecule has 2 heterocycles. The Labute approximate surface area is 282 Å². The van der Waals surface area contributed by atoms with Gasteiger partial charge in [-0.1, -0.05) is 62.2 Å². The molecule has 1 aromatic carbocycles. The molecule has 2 aliphatic rings. The number of aromatic nitrogens is 3. The number of rotatable bonds is 12. The Bertz CT molecular complexity index is 1450. The maximum atomic E-state index is 14.0. The van der Waals surface area contributed by atoms with Crippen LogP contribution in [0.15, 0.2) is 36.5 Å². The maximum absolute atomic E-state index is 14.0. The molecule has 49 heavy (non-hydrogen) atoms. The van der Waals surface area contributed by atoms with Gasteiger partial charge in [-0.15, -0.1) is 5.10 Å². The first kappa shape index (κ1) is 38.9. The number of carboxylic acids is 1. The van der Waals surface area contributed by atoms with Crippen LogP contribution >= 0.6 is 0 Å². The zero-order valence-corrected chi connectivity index (χ0v) is 27.9. The monoisotopic (exact) mass is 694 g/mol. The van der Waals surface area contributed by atoms with Gasteiger partial charge in [-0.3, -0.25) is 19.2 Å². The van der Waals surface area contributed by atoms with Crippen LogP contribution < -0.4 is 21.7 Å². The normalized spacial score (nSPS) is 19.8. The van der Waals surface area contributed by atoms with Gasteiger partial charge in [-0.2, -0.15) is 13.2 Å². The average Bonchev–Trinajstić information content (AvgIpc) is 3.83. The lowest BCUT2D eigenvalue weighted by molar-refractivity contribution is -0.192. The zero-order chi connectivity index (χ0) is 36.5. The molecule has 1 saturated heterocycles. The number of aliphatic carboxylic acids is 1. The third kappa shape index (κ3) is 10.7. The van der Waals surface area contributed by atoms with Gasteiger partial charge in [-0.25, -0.2) is 9.48 Å². The predicted octanol–water partition coefficient (Wildman–Crippen LogP) is 1.67. The Morgan fingerprint density at radius 3 is 2.18 bits per heavy atom. The number of primary amides is 1. The first-order valence-electron chi connectivity index (χ1n) is 16.2. The molecule has 1 saturated carbocycles. The number of likely N-dealkylation sites (tertiary alicyclic amines) is 1. The van der Waals surface area contributed by atoms with Gasteiger partial charge in [0.15, 0.2) is 0 Å². The Morgan fingerprint density at radius 2 is 1.65 bits per heavy atom. The molecule has 0 spiro atoms. The van der Waals surface area contributed by atoms with Crippen LogP contribution in [0, 0.1) is 5.92 Å². The quantitative estimate of drug-likeness (QED) is 0.219. The van der Waals surface area contributed by atoms with Crippen molar-refractivity contribution in [2.24, 2.45) is 11.7 Å². The van der Waals surface area contributed by atoms with Gasteiger partial charge in [0.1, 0.15) is 18.1 Å². The third-order valence-corrected chi connectivity index (χ3v) is 8.78. The second-order valence-corrected chi connectivity index (χ2v) is 12.7. The Morgan fingerprint density at radius 1 is 1.04 bits per heavy atom. The van der Waals surface area contributed by atoms with Crippen molar-refractivity contribution in [2.45, 2.75) is 102 Å². The first-order valence-corrected chi connectivity index (χ1v) is 16.2. The maximum Gasteiger partial charge on any atom is 0.490 e. The summed E-state index contributed by atoms with van der Waals surface area (Å²) in [5.74, 6) is -4.42. The standard InChI is InChI=1S/C30H44N8O4.C2HF3O2/c1-18(2)26(34-28(40)19(3)32-4)30(42)37-16-22(38-17-24(35-36-38)21-12-8-9-13-21)15-25(37)29(41)33-23(27(31)39)14-20-10-6-5-7-11-20;3-2(4,5)1(6)7/h5-7,10-11,17-19,21-23,25-26,32H,8-9,12-16H2,1-4H3,(H2,31,39)(H,33,41)(H,34,40);(H,6,7)/t19-,22+,23-,25-,26-;/m0./s1. The van der Waals surface area contributed by atoms with Crippen molar-refractivity contribution >= 4 is 29.6 Å². The molecule has 270 valence electrons. The van der Waals surface area contributed by atoms with Gasteiger partial charge in [0.25, 0.3) is 0 Å². The fourth-order valence-electron chi connectivity index (χ4n) is 5.82. The molecule has 1 aliphatic heterocycles. The lowest BCUT2D eigenvalue weighted by Crippen LogP contribution is -2.58. The van der Waals surface area contributed by atoms with Crippen molar-refractivity contribution in [1.82, 2.24) is 35.8 Å². The number of carbonyl (C=O) groups is 5. The number of likely N-dealkylation sites (N-methyl/N-ethyl adjacent to an activating group) is 1. The summed E-state index contributed by atoms with van der Waals surface area (Å²) in [7, 11) is 1.67. The van der Waals surface area contributed by atoms with E-state index < -0.39 is 48.1 Å². The number of hydrogen-bond acceptors (Lipinski definition) is 8. The number of nitrogens with two attached hydrogens (primary N) is 1. The summed E-state index contributed by atoms with van der Waals surface area (Å²) in [5, 5.41) is 24.5. The highest BCUT2D eigenvalue weighted by molar-refractivity contribution is 5.95. The van der Waals surface area contributed by atoms with E-state index in [-0.39, 0.29) is 43.2 Å². The van der Waals surface area contributed by atoms with E-state index in [1.54, 1.807) is 18.7 Å². The van der Waals surface area contributed by atoms with E-state index in [2.05, 4.69) is 26.3 Å². The van der Waals surface area contributed by atoms with E-state index in [1.807, 2.05) is 50.4 Å². The molecular weight excluding hydrogens is 649 g/mol. The van der Waals surface area contributed by atoms with Gasteiger partial charge in [0, 0.05) is 31.5 Å². The number of nitrogens with one attached hydrogen (secondary N) is 3. The molecule has 1 aromatic heterocycles. The summed E-state index contributed by atoms with van der Waals surface area (Å²) in [6, 6.07) is 5.81. The SMILES string of the molecule is CN[C@@H](C)C(=O)N[C@H](C(=O)N1C[C@H](n2cc(C3CCCC3)nn2)C[C@H]1C(=O)N[C@@H](Cc1ccccc1)C(N)=O)C(C)C.O=C(O)C(F)(F)F. The van der Waals surface area contributed by atoms with Gasteiger partial charge in [-0.05, 0) is 38.3 Å². The molecule has 4 rings (SSSR count). The summed E-state index contributed by atoms with van der Waals surface area (Å²) in [6.07, 6.45) is 1.86. The van der Waals surface area contributed by atoms with Crippen molar-refractivity contribution in [3.63, 3.8) is 0 Å². The number of hydrogen-bond donors (Lipinski definition) is 5. The molecule has 0 unspecified atom stereocenters. The number of carboxylic acid groups (broad SMARTS) is 1. The van der Waals surface area contributed by atoms with Crippen LogP contribution in [0.1, 0.15) is 76.1 Å². The van der Waals surface area contributed by atoms with E-state index in [0.29, 0.717) is 5.92 Å². The molecule has 0 bridgehead atoms. The second kappa shape index (κ2) is 17.2. The molecule has 0 radical (unpaired) electrons. The number of alkyl halides is 3. The summed E-state index contributed by atoms with van der Waals surface area (Å²) >= 11 is 0. The summed E-state index contributed by atoms with van der Waals surface area (Å²) in [6.45, 7) is 5.63. The minimum Gasteiger partial charge on any atom is -0.475 e. The number of carbonyl (C=O) groups excluding carboxylic acids is 4. The molecule has 2 fully saturated rings. The topological polar surface area (TPSA) is 202 Å². The summed E-state index contributed by atoms with van der Waals surface area (Å²) in [4.78, 5) is 63.3. The van der Waals surface area contributed by atoms with Crippen LogP contribution in [-0.4, -0.2) is 98.5 Å². The van der Waals surface area contributed by atoms with Crippen molar-refractivity contribution in [3.05, 3.63) is 47.8 Å². The van der Waals surface area contributed by atoms with E-state index in [4.69, 9.17) is 15.6 Å². The van der Waals surface area contributed by atoms with E-state index in [9.17, 15) is 32.3 Å². The molecule has 1 aliphatic carbocycles. The molecule has 14 nitrogen and oxygen atoms in total. The molecular formula is C32H45F3N8O6. The van der Waals surface area contributed by atoms with Crippen molar-refractivity contribution < 1.29 is 42.3 Å². The van der Waals surface area contributed by atoms with Gasteiger partial charge >= 0.3 is 12.1 Å². The van der Waals surface area contributed by atoms with Gasteiger partial charge in [0.2, 0.25) is 23.6 Å². The van der Waals surface area contributed by atoms with E-state index >= 15 is 0 Å². The highest BCUT2D eigenvalue weighted by Gasteiger charge is 2.44. The number of halogens is 3. The largest absolute Gasteiger partial charge is 0.490 e. The van der Waals surface area contributed by atoms with Crippen molar-refractivity contribution in [1.29, 1.82) is 0 Å². The molecule has 5 atom stereocenters. The van der Waals surface area contributed by atoms with Crippen LogP contribution in [0.25, 0.3) is 0 Å². The van der Waals surface area contributed by atoms with Crippen LogP contribution in [0.5, 0.6) is 0 Å².